The van der Waals surface area contributed by atoms with Crippen molar-refractivity contribution in [2.45, 2.75) is 6.43 Å². The summed E-state index contributed by atoms with van der Waals surface area (Å²) in [5, 5.41) is 0. The quantitative estimate of drug-likeness (QED) is 0.823. The minimum Gasteiger partial charge on any atom is -0.493 e. The van der Waals surface area contributed by atoms with E-state index < -0.39 is 13.0 Å². The summed E-state index contributed by atoms with van der Waals surface area (Å²) in [6.07, 6.45) is -0.928. The van der Waals surface area contributed by atoms with Gasteiger partial charge in [0.1, 0.15) is 6.61 Å². The zero-order valence-corrected chi connectivity index (χ0v) is 10.3. The van der Waals surface area contributed by atoms with Crippen molar-refractivity contribution in [2.75, 3.05) is 13.7 Å². The van der Waals surface area contributed by atoms with E-state index in [1.807, 2.05) is 0 Å². The highest BCUT2D eigenvalue weighted by atomic mass is 79.9. The molecule has 0 bridgehead atoms. The van der Waals surface area contributed by atoms with E-state index in [2.05, 4.69) is 22.5 Å². The number of alkyl halides is 2. The predicted molar refractivity (Wildman–Crippen MR) is 62.3 cm³/mol. The maximum absolute atomic E-state index is 12.1. The number of ether oxygens (including phenoxy) is 2. The van der Waals surface area contributed by atoms with Crippen molar-refractivity contribution >= 4 is 22.0 Å². The van der Waals surface area contributed by atoms with Gasteiger partial charge in [0.15, 0.2) is 11.5 Å². The Hall–Kier alpha value is -1.10. The van der Waals surface area contributed by atoms with Crippen LogP contribution in [-0.2, 0) is 0 Å². The molecule has 1 aromatic carbocycles. The summed E-state index contributed by atoms with van der Waals surface area (Å²) in [6, 6.07) is 3.40. The van der Waals surface area contributed by atoms with E-state index in [1.54, 1.807) is 18.2 Å². The summed E-state index contributed by atoms with van der Waals surface area (Å²) in [6.45, 7) is 2.94. The molecular formula is C11H11BrF2O2. The average Bonchev–Trinajstić information content (AvgIpc) is 2.26. The van der Waals surface area contributed by atoms with Gasteiger partial charge in [-0.15, -0.1) is 0 Å². The van der Waals surface area contributed by atoms with Crippen LogP contribution in [0.1, 0.15) is 5.56 Å². The second-order valence-corrected chi connectivity index (χ2v) is 3.70. The van der Waals surface area contributed by atoms with Crippen LogP contribution in [0.15, 0.2) is 23.2 Å². The molecule has 0 aromatic heterocycles. The Morgan fingerprint density at radius 1 is 1.50 bits per heavy atom. The highest BCUT2D eigenvalue weighted by molar-refractivity contribution is 9.10. The van der Waals surface area contributed by atoms with Gasteiger partial charge in [-0.1, -0.05) is 12.7 Å². The van der Waals surface area contributed by atoms with Crippen LogP contribution >= 0.6 is 15.9 Å². The minimum atomic E-state index is -2.52. The Bertz CT molecular complexity index is 380. The van der Waals surface area contributed by atoms with E-state index >= 15 is 0 Å². The first-order valence-electron chi connectivity index (χ1n) is 4.50. The maximum Gasteiger partial charge on any atom is 0.272 e. The molecule has 1 aromatic rings. The van der Waals surface area contributed by atoms with Gasteiger partial charge in [-0.2, -0.15) is 0 Å². The molecule has 0 fully saturated rings. The van der Waals surface area contributed by atoms with Crippen molar-refractivity contribution in [1.82, 2.24) is 0 Å². The van der Waals surface area contributed by atoms with Gasteiger partial charge in [0.05, 0.1) is 11.6 Å². The fourth-order valence-corrected chi connectivity index (χ4v) is 1.76. The molecule has 16 heavy (non-hydrogen) atoms. The minimum absolute atomic E-state index is 0.264. The van der Waals surface area contributed by atoms with E-state index in [-0.39, 0.29) is 5.75 Å². The Balaban J connectivity index is 3.05. The first kappa shape index (κ1) is 13.0. The molecule has 0 unspecified atom stereocenters. The van der Waals surface area contributed by atoms with Crippen LogP contribution in [0.3, 0.4) is 0 Å². The van der Waals surface area contributed by atoms with Crippen molar-refractivity contribution in [3.63, 3.8) is 0 Å². The second kappa shape index (κ2) is 5.84. The SMILES string of the molecule is C=Cc1ccc(OC)c(OCC(F)F)c1Br. The van der Waals surface area contributed by atoms with Crippen molar-refractivity contribution in [1.29, 1.82) is 0 Å². The third-order valence-corrected chi connectivity index (χ3v) is 2.70. The van der Waals surface area contributed by atoms with E-state index in [4.69, 9.17) is 9.47 Å². The topological polar surface area (TPSA) is 18.5 Å². The van der Waals surface area contributed by atoms with Gasteiger partial charge in [0.25, 0.3) is 6.43 Å². The van der Waals surface area contributed by atoms with Gasteiger partial charge in [-0.05, 0) is 33.6 Å². The summed E-state index contributed by atoms with van der Waals surface area (Å²) >= 11 is 3.26. The molecule has 0 aliphatic rings. The van der Waals surface area contributed by atoms with Crippen molar-refractivity contribution in [2.24, 2.45) is 0 Å². The number of rotatable bonds is 5. The van der Waals surface area contributed by atoms with E-state index in [0.717, 1.165) is 5.56 Å². The second-order valence-electron chi connectivity index (χ2n) is 2.91. The summed E-state index contributed by atoms with van der Waals surface area (Å²) < 4.78 is 34.7. The van der Waals surface area contributed by atoms with Gasteiger partial charge in [-0.3, -0.25) is 0 Å². The maximum atomic E-state index is 12.1. The largest absolute Gasteiger partial charge is 0.493 e. The Morgan fingerprint density at radius 3 is 2.69 bits per heavy atom. The van der Waals surface area contributed by atoms with Crippen LogP contribution in [0.4, 0.5) is 8.78 Å². The predicted octanol–water partition coefficient (Wildman–Crippen LogP) is 3.74. The monoisotopic (exact) mass is 292 g/mol. The molecule has 0 spiro atoms. The third-order valence-electron chi connectivity index (χ3n) is 1.88. The zero-order chi connectivity index (χ0) is 12.1. The molecule has 0 saturated heterocycles. The normalized spacial score (nSPS) is 10.3. The van der Waals surface area contributed by atoms with Crippen LogP contribution < -0.4 is 9.47 Å². The molecule has 88 valence electrons. The molecule has 0 saturated carbocycles. The number of hydrogen-bond acceptors (Lipinski definition) is 2. The summed E-state index contributed by atoms with van der Waals surface area (Å²) in [5.41, 5.74) is 0.755. The lowest BCUT2D eigenvalue weighted by atomic mass is 10.2. The molecule has 0 aliphatic heterocycles. The summed E-state index contributed by atoms with van der Waals surface area (Å²) in [7, 11) is 1.45. The number of halogens is 3. The Morgan fingerprint density at radius 2 is 2.19 bits per heavy atom. The van der Waals surface area contributed by atoms with Gasteiger partial charge < -0.3 is 9.47 Å². The van der Waals surface area contributed by atoms with Crippen LogP contribution in [0.25, 0.3) is 6.08 Å². The smallest absolute Gasteiger partial charge is 0.272 e. The van der Waals surface area contributed by atoms with Gasteiger partial charge in [-0.25, -0.2) is 8.78 Å². The fraction of sp³-hybridized carbons (Fsp3) is 0.273. The standard InChI is InChI=1S/C11H11BrF2O2/c1-3-7-4-5-8(15-2)11(10(7)12)16-6-9(13)14/h3-5,9H,1,6H2,2H3. The molecule has 0 amide bonds. The zero-order valence-electron chi connectivity index (χ0n) is 8.67. The average molecular weight is 293 g/mol. The summed E-state index contributed by atoms with van der Waals surface area (Å²) in [4.78, 5) is 0. The number of methoxy groups -OCH3 is 1. The van der Waals surface area contributed by atoms with E-state index in [1.165, 1.54) is 7.11 Å². The summed E-state index contributed by atoms with van der Waals surface area (Å²) in [5.74, 6) is 0.665. The first-order valence-corrected chi connectivity index (χ1v) is 5.29. The van der Waals surface area contributed by atoms with Crippen LogP contribution in [0.5, 0.6) is 11.5 Å². The van der Waals surface area contributed by atoms with Gasteiger partial charge >= 0.3 is 0 Å². The van der Waals surface area contributed by atoms with Crippen molar-refractivity contribution in [3.8, 4) is 11.5 Å². The van der Waals surface area contributed by atoms with Crippen molar-refractivity contribution in [3.05, 3.63) is 28.7 Å². The Labute approximate surface area is 101 Å². The highest BCUT2D eigenvalue weighted by Crippen LogP contribution is 2.38. The molecule has 0 heterocycles. The first-order chi connectivity index (χ1) is 7.60. The molecule has 5 heteroatoms. The molecule has 0 atom stereocenters. The molecule has 1 rings (SSSR count). The molecule has 0 aliphatic carbocycles. The lowest BCUT2D eigenvalue weighted by Gasteiger charge is -2.13. The Kier molecular flexibility index (Phi) is 4.73. The van der Waals surface area contributed by atoms with E-state index in [9.17, 15) is 8.78 Å². The molecule has 0 radical (unpaired) electrons. The van der Waals surface area contributed by atoms with Gasteiger partial charge in [0.2, 0.25) is 0 Å². The fourth-order valence-electron chi connectivity index (χ4n) is 1.15. The lowest BCUT2D eigenvalue weighted by Crippen LogP contribution is -2.08. The van der Waals surface area contributed by atoms with Crippen LogP contribution in [-0.4, -0.2) is 20.1 Å². The van der Waals surface area contributed by atoms with Crippen molar-refractivity contribution < 1.29 is 18.3 Å². The third kappa shape index (κ3) is 2.95. The van der Waals surface area contributed by atoms with Gasteiger partial charge in [0, 0.05) is 0 Å². The van der Waals surface area contributed by atoms with Crippen LogP contribution in [0, 0.1) is 0 Å². The van der Waals surface area contributed by atoms with Crippen LogP contribution in [0.2, 0.25) is 0 Å². The number of hydrogen-bond donors (Lipinski definition) is 0. The molecule has 0 N–H and O–H groups in total. The molecular weight excluding hydrogens is 282 g/mol. The lowest BCUT2D eigenvalue weighted by molar-refractivity contribution is 0.0800. The number of benzene rings is 1. The molecule has 2 nitrogen and oxygen atoms in total. The highest BCUT2D eigenvalue weighted by Gasteiger charge is 2.14. The van der Waals surface area contributed by atoms with E-state index in [0.29, 0.717) is 10.2 Å².